The van der Waals surface area contributed by atoms with Crippen molar-refractivity contribution in [3.63, 3.8) is 0 Å². The summed E-state index contributed by atoms with van der Waals surface area (Å²) in [5, 5.41) is 27.6. The molecular formula is C11H18O6. The van der Waals surface area contributed by atoms with Crippen LogP contribution in [0.1, 0.15) is 26.2 Å². The van der Waals surface area contributed by atoms with Crippen LogP contribution in [-0.2, 0) is 14.3 Å². The molecule has 0 saturated heterocycles. The molecule has 0 spiro atoms. The van der Waals surface area contributed by atoms with Crippen molar-refractivity contribution in [1.82, 2.24) is 0 Å². The molecule has 2 atom stereocenters. The molecule has 0 aromatic carbocycles. The fourth-order valence-electron chi connectivity index (χ4n) is 1.49. The zero-order valence-electron chi connectivity index (χ0n) is 9.76. The third kappa shape index (κ3) is 3.34. The Morgan fingerprint density at radius 1 is 1.47 bits per heavy atom. The van der Waals surface area contributed by atoms with Gasteiger partial charge in [-0.2, -0.15) is 0 Å². The first-order chi connectivity index (χ1) is 8.11. The fraction of sp³-hybridized carbons (Fsp3) is 0.727. The van der Waals surface area contributed by atoms with Crippen molar-refractivity contribution in [2.24, 2.45) is 0 Å². The Hall–Kier alpha value is -1.27. The number of aliphatic hydroxyl groups excluding tert-OH is 3. The van der Waals surface area contributed by atoms with E-state index in [1.165, 1.54) is 0 Å². The molecule has 0 saturated carbocycles. The summed E-state index contributed by atoms with van der Waals surface area (Å²) in [6.45, 7) is 1.79. The molecule has 6 heteroatoms. The number of rotatable bonds is 7. The molecule has 0 bridgehead atoms. The van der Waals surface area contributed by atoms with Gasteiger partial charge in [-0.05, 0) is 6.42 Å². The van der Waals surface area contributed by atoms with Gasteiger partial charge in [-0.15, -0.1) is 0 Å². The standard InChI is InChI=1S/C11H18O6/c1-2-3-4-5-16-10-8(14)11(15)17-9(10)7(13)6-12/h7,9,12-14H,2-6H2,1H3. The number of carbonyl (C=O) groups is 1. The van der Waals surface area contributed by atoms with Crippen LogP contribution in [0.2, 0.25) is 0 Å². The Morgan fingerprint density at radius 3 is 2.76 bits per heavy atom. The first-order valence-electron chi connectivity index (χ1n) is 5.67. The van der Waals surface area contributed by atoms with E-state index >= 15 is 0 Å². The average Bonchev–Trinajstić information content (AvgIpc) is 2.61. The summed E-state index contributed by atoms with van der Waals surface area (Å²) in [6, 6.07) is 0. The molecule has 3 N–H and O–H groups in total. The van der Waals surface area contributed by atoms with Crippen LogP contribution in [0.4, 0.5) is 0 Å². The van der Waals surface area contributed by atoms with Crippen molar-refractivity contribution in [3.05, 3.63) is 11.5 Å². The third-order valence-corrected chi connectivity index (χ3v) is 2.46. The van der Waals surface area contributed by atoms with Crippen LogP contribution in [0.5, 0.6) is 0 Å². The third-order valence-electron chi connectivity index (χ3n) is 2.46. The lowest BCUT2D eigenvalue weighted by Gasteiger charge is -2.18. The highest BCUT2D eigenvalue weighted by molar-refractivity contribution is 5.89. The number of unbranched alkanes of at least 4 members (excludes halogenated alkanes) is 2. The largest absolute Gasteiger partial charge is 0.499 e. The molecule has 1 aliphatic heterocycles. The Bertz CT molecular complexity index is 298. The Morgan fingerprint density at radius 2 is 2.18 bits per heavy atom. The van der Waals surface area contributed by atoms with E-state index in [2.05, 4.69) is 0 Å². The smallest absolute Gasteiger partial charge is 0.378 e. The number of ether oxygens (including phenoxy) is 2. The maximum absolute atomic E-state index is 11.1. The second kappa shape index (κ2) is 6.46. The summed E-state index contributed by atoms with van der Waals surface area (Å²) < 4.78 is 9.93. The highest BCUT2D eigenvalue weighted by Crippen LogP contribution is 2.25. The molecule has 6 nitrogen and oxygen atoms in total. The molecule has 0 aromatic heterocycles. The van der Waals surface area contributed by atoms with Crippen molar-refractivity contribution in [2.45, 2.75) is 38.4 Å². The molecule has 17 heavy (non-hydrogen) atoms. The Kier molecular flexibility index (Phi) is 5.24. The van der Waals surface area contributed by atoms with Gasteiger partial charge in [0, 0.05) is 0 Å². The van der Waals surface area contributed by atoms with Gasteiger partial charge < -0.3 is 24.8 Å². The van der Waals surface area contributed by atoms with Crippen LogP contribution in [0.15, 0.2) is 11.5 Å². The van der Waals surface area contributed by atoms with E-state index in [0.717, 1.165) is 19.3 Å². The predicted molar refractivity (Wildman–Crippen MR) is 58.1 cm³/mol. The van der Waals surface area contributed by atoms with Gasteiger partial charge in [0.25, 0.3) is 0 Å². The molecule has 0 amide bonds. The molecule has 1 rings (SSSR count). The fourth-order valence-corrected chi connectivity index (χ4v) is 1.49. The first-order valence-corrected chi connectivity index (χ1v) is 5.67. The van der Waals surface area contributed by atoms with Gasteiger partial charge in [-0.25, -0.2) is 4.79 Å². The second-order valence-corrected chi connectivity index (χ2v) is 3.84. The normalized spacial score (nSPS) is 21.6. The van der Waals surface area contributed by atoms with Crippen molar-refractivity contribution in [1.29, 1.82) is 0 Å². The zero-order valence-corrected chi connectivity index (χ0v) is 9.76. The maximum Gasteiger partial charge on any atom is 0.378 e. The van der Waals surface area contributed by atoms with E-state index in [9.17, 15) is 15.0 Å². The van der Waals surface area contributed by atoms with Crippen LogP contribution in [0.25, 0.3) is 0 Å². The summed E-state index contributed by atoms with van der Waals surface area (Å²) in [6.07, 6.45) is 0.366. The lowest BCUT2D eigenvalue weighted by atomic mass is 10.2. The number of carbonyl (C=O) groups excluding carboxylic acids is 1. The summed E-state index contributed by atoms with van der Waals surface area (Å²) in [5.74, 6) is -1.65. The van der Waals surface area contributed by atoms with E-state index in [0.29, 0.717) is 6.61 Å². The molecule has 0 aliphatic carbocycles. The van der Waals surface area contributed by atoms with Gasteiger partial charge >= 0.3 is 5.97 Å². The van der Waals surface area contributed by atoms with Gasteiger partial charge in [0.2, 0.25) is 5.76 Å². The number of hydrogen-bond donors (Lipinski definition) is 3. The van der Waals surface area contributed by atoms with Crippen molar-refractivity contribution in [3.8, 4) is 0 Å². The van der Waals surface area contributed by atoms with Crippen molar-refractivity contribution < 1.29 is 29.6 Å². The Labute approximate surface area is 99.5 Å². The lowest BCUT2D eigenvalue weighted by molar-refractivity contribution is -0.148. The summed E-state index contributed by atoms with van der Waals surface area (Å²) in [4.78, 5) is 11.1. The molecule has 0 radical (unpaired) electrons. The predicted octanol–water partition coefficient (Wildman–Crippen LogP) is 0.241. The lowest BCUT2D eigenvalue weighted by Crippen LogP contribution is -2.32. The summed E-state index contributed by atoms with van der Waals surface area (Å²) in [5.41, 5.74) is 0. The monoisotopic (exact) mass is 246 g/mol. The summed E-state index contributed by atoms with van der Waals surface area (Å²) >= 11 is 0. The number of cyclic esters (lactones) is 1. The molecule has 0 fully saturated rings. The molecule has 98 valence electrons. The molecule has 2 unspecified atom stereocenters. The van der Waals surface area contributed by atoms with E-state index in [1.54, 1.807) is 0 Å². The zero-order chi connectivity index (χ0) is 12.8. The van der Waals surface area contributed by atoms with E-state index < -0.39 is 30.5 Å². The quantitative estimate of drug-likeness (QED) is 0.440. The van der Waals surface area contributed by atoms with E-state index in [4.69, 9.17) is 14.6 Å². The molecule has 0 aromatic rings. The van der Waals surface area contributed by atoms with Crippen LogP contribution in [0, 0.1) is 0 Å². The average molecular weight is 246 g/mol. The van der Waals surface area contributed by atoms with Crippen molar-refractivity contribution in [2.75, 3.05) is 13.2 Å². The first kappa shape index (κ1) is 13.8. The van der Waals surface area contributed by atoms with Gasteiger partial charge in [-0.3, -0.25) is 0 Å². The highest BCUT2D eigenvalue weighted by Gasteiger charge is 2.40. The van der Waals surface area contributed by atoms with Gasteiger partial charge in [0.1, 0.15) is 6.10 Å². The van der Waals surface area contributed by atoms with E-state index in [1.807, 2.05) is 6.92 Å². The minimum absolute atomic E-state index is 0.0901. The maximum atomic E-state index is 11.1. The Balaban J connectivity index is 2.59. The van der Waals surface area contributed by atoms with Gasteiger partial charge in [0.15, 0.2) is 11.9 Å². The van der Waals surface area contributed by atoms with Crippen LogP contribution in [-0.4, -0.2) is 46.7 Å². The molecule has 1 aliphatic rings. The minimum atomic E-state index is -1.29. The van der Waals surface area contributed by atoms with Crippen molar-refractivity contribution >= 4 is 5.97 Å². The summed E-state index contributed by atoms with van der Waals surface area (Å²) in [7, 11) is 0. The number of aliphatic hydroxyl groups is 3. The minimum Gasteiger partial charge on any atom is -0.499 e. The highest BCUT2D eigenvalue weighted by atomic mass is 16.6. The van der Waals surface area contributed by atoms with Crippen LogP contribution >= 0.6 is 0 Å². The number of hydrogen-bond acceptors (Lipinski definition) is 6. The topological polar surface area (TPSA) is 96.2 Å². The second-order valence-electron chi connectivity index (χ2n) is 3.84. The van der Waals surface area contributed by atoms with Gasteiger partial charge in [-0.1, -0.05) is 19.8 Å². The van der Waals surface area contributed by atoms with Crippen LogP contribution < -0.4 is 0 Å². The molecule has 1 heterocycles. The van der Waals surface area contributed by atoms with Gasteiger partial charge in [0.05, 0.1) is 13.2 Å². The SMILES string of the molecule is CCCCCOC1=C(O)C(=O)OC1C(O)CO. The van der Waals surface area contributed by atoms with Crippen LogP contribution in [0.3, 0.4) is 0 Å². The van der Waals surface area contributed by atoms with E-state index in [-0.39, 0.29) is 5.76 Å². The molecular weight excluding hydrogens is 228 g/mol. The number of esters is 1.